The van der Waals surface area contributed by atoms with Gasteiger partial charge >= 0.3 is 0 Å². The number of nitrogens with one attached hydrogen (secondary N) is 1. The van der Waals surface area contributed by atoms with Crippen LogP contribution in [-0.2, 0) is 16.0 Å². The predicted molar refractivity (Wildman–Crippen MR) is 74.2 cm³/mol. The molecular weight excluding hydrogens is 261 g/mol. The molecule has 0 spiro atoms. The smallest absolute Gasteiger partial charge is 0.189 e. The molecule has 0 radical (unpaired) electrons. The van der Waals surface area contributed by atoms with E-state index in [1.165, 1.54) is 18.9 Å². The highest BCUT2D eigenvalue weighted by molar-refractivity contribution is 5.34. The fourth-order valence-corrected chi connectivity index (χ4v) is 1.85. The highest BCUT2D eigenvalue weighted by Gasteiger charge is 2.21. The standard InChI is InChI=1S/C15H22FNO3/c1-18-8-7-17-9-13-3-2-4-14(16)15(13)20-11-19-10-12-5-6-12/h2-4,12,17H,5-11H2,1H3. The maximum atomic E-state index is 13.8. The number of hydrogen-bond acceptors (Lipinski definition) is 4. The number of halogens is 1. The maximum absolute atomic E-state index is 13.8. The largest absolute Gasteiger partial charge is 0.464 e. The van der Waals surface area contributed by atoms with Gasteiger partial charge in [0.1, 0.15) is 0 Å². The fraction of sp³-hybridized carbons (Fsp3) is 0.600. The summed E-state index contributed by atoms with van der Waals surface area (Å²) in [5.74, 6) is 0.591. The van der Waals surface area contributed by atoms with Gasteiger partial charge in [-0.1, -0.05) is 12.1 Å². The second kappa shape index (κ2) is 8.19. The molecular formula is C15H22FNO3. The molecule has 0 aromatic heterocycles. The van der Waals surface area contributed by atoms with Gasteiger partial charge in [-0.2, -0.15) is 0 Å². The van der Waals surface area contributed by atoms with Crippen LogP contribution < -0.4 is 10.1 Å². The SMILES string of the molecule is COCCNCc1cccc(F)c1OCOCC1CC1. The monoisotopic (exact) mass is 283 g/mol. The Hall–Kier alpha value is -1.17. The second-order valence-electron chi connectivity index (χ2n) is 4.97. The third-order valence-electron chi connectivity index (χ3n) is 3.18. The lowest BCUT2D eigenvalue weighted by molar-refractivity contribution is 0.00731. The number of hydrogen-bond donors (Lipinski definition) is 1. The van der Waals surface area contributed by atoms with Gasteiger partial charge in [0.15, 0.2) is 18.4 Å². The lowest BCUT2D eigenvalue weighted by Crippen LogP contribution is -2.19. The van der Waals surface area contributed by atoms with Crippen molar-refractivity contribution in [2.75, 3.05) is 33.7 Å². The molecule has 0 amide bonds. The van der Waals surface area contributed by atoms with Gasteiger partial charge < -0.3 is 19.5 Å². The first-order valence-corrected chi connectivity index (χ1v) is 6.99. The van der Waals surface area contributed by atoms with E-state index in [-0.39, 0.29) is 18.4 Å². The van der Waals surface area contributed by atoms with Crippen LogP contribution in [0, 0.1) is 11.7 Å². The van der Waals surface area contributed by atoms with Crippen molar-refractivity contribution in [1.29, 1.82) is 0 Å². The summed E-state index contributed by atoms with van der Waals surface area (Å²) in [5.41, 5.74) is 0.788. The molecule has 20 heavy (non-hydrogen) atoms. The first-order valence-electron chi connectivity index (χ1n) is 6.99. The van der Waals surface area contributed by atoms with E-state index in [0.29, 0.717) is 32.2 Å². The lowest BCUT2D eigenvalue weighted by Gasteiger charge is -2.13. The summed E-state index contributed by atoms with van der Waals surface area (Å²) in [7, 11) is 1.65. The molecule has 4 nitrogen and oxygen atoms in total. The quantitative estimate of drug-likeness (QED) is 0.528. The molecule has 1 aromatic carbocycles. The molecule has 0 unspecified atom stereocenters. The molecule has 1 saturated carbocycles. The van der Waals surface area contributed by atoms with Gasteiger partial charge in [0.05, 0.1) is 13.2 Å². The summed E-state index contributed by atoms with van der Waals surface area (Å²) in [6, 6.07) is 4.93. The topological polar surface area (TPSA) is 39.7 Å². The number of ether oxygens (including phenoxy) is 3. The summed E-state index contributed by atoms with van der Waals surface area (Å²) in [4.78, 5) is 0. The molecule has 1 fully saturated rings. The zero-order valence-electron chi connectivity index (χ0n) is 11.9. The molecule has 0 bridgehead atoms. The number of benzene rings is 1. The van der Waals surface area contributed by atoms with Crippen LogP contribution in [-0.4, -0.2) is 33.7 Å². The van der Waals surface area contributed by atoms with E-state index in [4.69, 9.17) is 14.2 Å². The number of para-hydroxylation sites is 1. The number of rotatable bonds is 10. The Morgan fingerprint density at radius 2 is 2.20 bits per heavy atom. The van der Waals surface area contributed by atoms with Crippen LogP contribution in [0.15, 0.2) is 18.2 Å². The highest BCUT2D eigenvalue weighted by atomic mass is 19.1. The Kier molecular flexibility index (Phi) is 6.24. The number of methoxy groups -OCH3 is 1. The molecule has 0 saturated heterocycles. The van der Waals surface area contributed by atoms with E-state index in [1.54, 1.807) is 13.2 Å². The van der Waals surface area contributed by atoms with Crippen LogP contribution in [0.3, 0.4) is 0 Å². The zero-order valence-corrected chi connectivity index (χ0v) is 11.9. The predicted octanol–water partition coefficient (Wildman–Crippen LogP) is 2.32. The van der Waals surface area contributed by atoms with Crippen LogP contribution in [0.2, 0.25) is 0 Å². The average molecular weight is 283 g/mol. The van der Waals surface area contributed by atoms with Crippen molar-refractivity contribution < 1.29 is 18.6 Å². The minimum atomic E-state index is -0.355. The van der Waals surface area contributed by atoms with Crippen LogP contribution >= 0.6 is 0 Å². The normalized spacial score (nSPS) is 14.5. The fourth-order valence-electron chi connectivity index (χ4n) is 1.85. The van der Waals surface area contributed by atoms with Gasteiger partial charge in [-0.25, -0.2) is 4.39 Å². The van der Waals surface area contributed by atoms with Gasteiger partial charge in [-0.3, -0.25) is 0 Å². The maximum Gasteiger partial charge on any atom is 0.189 e. The van der Waals surface area contributed by atoms with Crippen LogP contribution in [0.5, 0.6) is 5.75 Å². The van der Waals surface area contributed by atoms with Crippen molar-refractivity contribution >= 4 is 0 Å². The van der Waals surface area contributed by atoms with Crippen molar-refractivity contribution in [3.8, 4) is 5.75 Å². The van der Waals surface area contributed by atoms with Crippen molar-refractivity contribution in [2.24, 2.45) is 5.92 Å². The summed E-state index contributed by atoms with van der Waals surface area (Å²) in [5, 5.41) is 3.18. The Balaban J connectivity index is 1.80. The van der Waals surface area contributed by atoms with Gasteiger partial charge in [0.2, 0.25) is 0 Å². The summed E-state index contributed by atoms with van der Waals surface area (Å²) >= 11 is 0. The third kappa shape index (κ3) is 5.07. The Morgan fingerprint density at radius 3 is 2.95 bits per heavy atom. The molecule has 0 atom stereocenters. The van der Waals surface area contributed by atoms with Crippen LogP contribution in [0.4, 0.5) is 4.39 Å². The molecule has 1 N–H and O–H groups in total. The molecule has 0 aliphatic heterocycles. The van der Waals surface area contributed by atoms with Gasteiger partial charge in [-0.05, 0) is 24.8 Å². The first-order chi connectivity index (χ1) is 9.81. The van der Waals surface area contributed by atoms with E-state index in [9.17, 15) is 4.39 Å². The Bertz CT molecular complexity index is 410. The van der Waals surface area contributed by atoms with Gasteiger partial charge in [0, 0.05) is 25.8 Å². The molecule has 1 aliphatic rings. The van der Waals surface area contributed by atoms with E-state index in [0.717, 1.165) is 5.56 Å². The zero-order chi connectivity index (χ0) is 14.2. The van der Waals surface area contributed by atoms with Crippen molar-refractivity contribution in [3.63, 3.8) is 0 Å². The van der Waals surface area contributed by atoms with Crippen molar-refractivity contribution in [2.45, 2.75) is 19.4 Å². The molecule has 1 aliphatic carbocycles. The van der Waals surface area contributed by atoms with Gasteiger partial charge in [-0.15, -0.1) is 0 Å². The Morgan fingerprint density at radius 1 is 1.35 bits per heavy atom. The van der Waals surface area contributed by atoms with Crippen molar-refractivity contribution in [3.05, 3.63) is 29.6 Å². The van der Waals surface area contributed by atoms with E-state index >= 15 is 0 Å². The minimum Gasteiger partial charge on any atom is -0.464 e. The van der Waals surface area contributed by atoms with Crippen molar-refractivity contribution in [1.82, 2.24) is 5.32 Å². The van der Waals surface area contributed by atoms with Gasteiger partial charge in [0.25, 0.3) is 0 Å². The van der Waals surface area contributed by atoms with E-state index in [1.807, 2.05) is 6.07 Å². The summed E-state index contributed by atoms with van der Waals surface area (Å²) in [6.45, 7) is 2.68. The molecule has 5 heteroatoms. The molecule has 0 heterocycles. The second-order valence-corrected chi connectivity index (χ2v) is 4.97. The van der Waals surface area contributed by atoms with E-state index in [2.05, 4.69) is 5.32 Å². The van der Waals surface area contributed by atoms with E-state index < -0.39 is 0 Å². The third-order valence-corrected chi connectivity index (χ3v) is 3.18. The molecule has 112 valence electrons. The van der Waals surface area contributed by atoms with Crippen LogP contribution in [0.1, 0.15) is 18.4 Å². The summed E-state index contributed by atoms with van der Waals surface area (Å²) in [6.07, 6.45) is 2.46. The summed E-state index contributed by atoms with van der Waals surface area (Å²) < 4.78 is 29.6. The highest BCUT2D eigenvalue weighted by Crippen LogP contribution is 2.29. The Labute approximate surface area is 119 Å². The molecule has 1 aromatic rings. The minimum absolute atomic E-state index is 0.0997. The first kappa shape index (κ1) is 15.2. The molecule has 2 rings (SSSR count). The average Bonchev–Trinajstić information content (AvgIpc) is 3.26. The van der Waals surface area contributed by atoms with Crippen LogP contribution in [0.25, 0.3) is 0 Å². The lowest BCUT2D eigenvalue weighted by atomic mass is 10.2.